The van der Waals surface area contributed by atoms with Crippen LogP contribution in [0.2, 0.25) is 0 Å². The number of hydrogen-bond acceptors (Lipinski definition) is 7. The standard InChI is InChI=1S/C21H21N3O5S/c1-14(2)28-17-10-15(21(25)24-20-13-22-8-9-23-20)11-18(12-17)29-16-4-6-19(7-5-16)30(3,26)27/h4-14H,1-3H3,(H,23,24,25). The highest BCUT2D eigenvalue weighted by Crippen LogP contribution is 2.29. The van der Waals surface area contributed by atoms with E-state index in [1.807, 2.05) is 13.8 Å². The summed E-state index contributed by atoms with van der Waals surface area (Å²) < 4.78 is 34.8. The first kappa shape index (κ1) is 21.3. The van der Waals surface area contributed by atoms with E-state index in [0.29, 0.717) is 28.6 Å². The number of carbonyl (C=O) groups is 1. The van der Waals surface area contributed by atoms with Crippen LogP contribution >= 0.6 is 0 Å². The van der Waals surface area contributed by atoms with Gasteiger partial charge in [0, 0.05) is 30.3 Å². The molecule has 2 aromatic carbocycles. The first-order chi connectivity index (χ1) is 14.2. The minimum atomic E-state index is -3.30. The molecule has 0 atom stereocenters. The van der Waals surface area contributed by atoms with E-state index in [0.717, 1.165) is 6.26 Å². The third-order valence-electron chi connectivity index (χ3n) is 3.81. The van der Waals surface area contributed by atoms with Gasteiger partial charge in [-0.3, -0.25) is 9.78 Å². The summed E-state index contributed by atoms with van der Waals surface area (Å²) in [5, 5.41) is 2.66. The quantitative estimate of drug-likeness (QED) is 0.612. The maximum Gasteiger partial charge on any atom is 0.257 e. The zero-order valence-electron chi connectivity index (χ0n) is 16.7. The number of amides is 1. The number of carbonyl (C=O) groups excluding carboxylic acids is 1. The van der Waals surface area contributed by atoms with E-state index >= 15 is 0 Å². The number of benzene rings is 2. The molecule has 3 aromatic rings. The molecule has 0 aliphatic heterocycles. The van der Waals surface area contributed by atoms with Crippen LogP contribution in [-0.4, -0.2) is 36.7 Å². The highest BCUT2D eigenvalue weighted by atomic mass is 32.2. The minimum Gasteiger partial charge on any atom is -0.491 e. The van der Waals surface area contributed by atoms with Crippen molar-refractivity contribution in [3.05, 3.63) is 66.6 Å². The lowest BCUT2D eigenvalue weighted by molar-refractivity contribution is 0.102. The Morgan fingerprint density at radius 3 is 2.30 bits per heavy atom. The molecule has 0 aliphatic carbocycles. The summed E-state index contributed by atoms with van der Waals surface area (Å²) in [5.74, 6) is 1.16. The van der Waals surface area contributed by atoms with Crippen LogP contribution in [0.3, 0.4) is 0 Å². The van der Waals surface area contributed by atoms with Gasteiger partial charge in [0.25, 0.3) is 5.91 Å². The molecule has 3 rings (SSSR count). The molecule has 1 amide bonds. The van der Waals surface area contributed by atoms with Gasteiger partial charge in [0.05, 0.1) is 17.2 Å². The van der Waals surface area contributed by atoms with Crippen molar-refractivity contribution in [2.45, 2.75) is 24.8 Å². The van der Waals surface area contributed by atoms with Crippen LogP contribution < -0.4 is 14.8 Å². The van der Waals surface area contributed by atoms with Crippen LogP contribution in [0.15, 0.2) is 66.0 Å². The first-order valence-electron chi connectivity index (χ1n) is 9.08. The van der Waals surface area contributed by atoms with Crippen molar-refractivity contribution in [2.24, 2.45) is 0 Å². The normalized spacial score (nSPS) is 11.2. The monoisotopic (exact) mass is 427 g/mol. The van der Waals surface area contributed by atoms with Crippen molar-refractivity contribution in [2.75, 3.05) is 11.6 Å². The van der Waals surface area contributed by atoms with Gasteiger partial charge in [-0.15, -0.1) is 0 Å². The highest BCUT2D eigenvalue weighted by molar-refractivity contribution is 7.90. The molecule has 0 unspecified atom stereocenters. The molecule has 1 N–H and O–H groups in total. The van der Waals surface area contributed by atoms with E-state index in [1.54, 1.807) is 30.3 Å². The third kappa shape index (κ3) is 5.77. The molecule has 30 heavy (non-hydrogen) atoms. The molecule has 0 bridgehead atoms. The number of nitrogens with zero attached hydrogens (tertiary/aromatic N) is 2. The van der Waals surface area contributed by atoms with Gasteiger partial charge in [-0.1, -0.05) is 0 Å². The van der Waals surface area contributed by atoms with Gasteiger partial charge in [0.2, 0.25) is 0 Å². The fourth-order valence-electron chi connectivity index (χ4n) is 2.55. The lowest BCUT2D eigenvalue weighted by atomic mass is 10.2. The van der Waals surface area contributed by atoms with Gasteiger partial charge in [-0.25, -0.2) is 13.4 Å². The van der Waals surface area contributed by atoms with Crippen molar-refractivity contribution in [1.82, 2.24) is 9.97 Å². The Hall–Kier alpha value is -3.46. The average molecular weight is 427 g/mol. The fourth-order valence-corrected chi connectivity index (χ4v) is 3.18. The lowest BCUT2D eigenvalue weighted by Gasteiger charge is -2.14. The van der Waals surface area contributed by atoms with Crippen LogP contribution in [-0.2, 0) is 9.84 Å². The summed E-state index contributed by atoms with van der Waals surface area (Å²) >= 11 is 0. The second-order valence-electron chi connectivity index (χ2n) is 6.75. The molecule has 9 heteroatoms. The maximum absolute atomic E-state index is 12.7. The highest BCUT2D eigenvalue weighted by Gasteiger charge is 2.13. The molecular formula is C21H21N3O5S. The summed E-state index contributed by atoms with van der Waals surface area (Å²) in [4.78, 5) is 20.8. The number of rotatable bonds is 7. The van der Waals surface area contributed by atoms with Crippen LogP contribution in [0.1, 0.15) is 24.2 Å². The van der Waals surface area contributed by atoms with Gasteiger partial charge in [0.15, 0.2) is 15.7 Å². The van der Waals surface area contributed by atoms with Crippen molar-refractivity contribution >= 4 is 21.6 Å². The summed E-state index contributed by atoms with van der Waals surface area (Å²) in [7, 11) is -3.30. The van der Waals surface area contributed by atoms with Crippen LogP contribution in [0.4, 0.5) is 5.82 Å². The van der Waals surface area contributed by atoms with Crippen molar-refractivity contribution in [1.29, 1.82) is 0 Å². The SMILES string of the molecule is CC(C)Oc1cc(Oc2ccc(S(C)(=O)=O)cc2)cc(C(=O)Nc2cnccn2)c1. The smallest absolute Gasteiger partial charge is 0.257 e. The molecule has 0 saturated heterocycles. The van der Waals surface area contributed by atoms with Crippen LogP contribution in [0.25, 0.3) is 0 Å². The Kier molecular flexibility index (Phi) is 6.31. The van der Waals surface area contributed by atoms with Gasteiger partial charge in [0.1, 0.15) is 17.2 Å². The number of nitrogens with one attached hydrogen (secondary N) is 1. The fraction of sp³-hybridized carbons (Fsp3) is 0.190. The summed E-state index contributed by atoms with van der Waals surface area (Å²) in [6.07, 6.45) is 5.45. The van der Waals surface area contributed by atoms with E-state index < -0.39 is 15.7 Å². The third-order valence-corrected chi connectivity index (χ3v) is 4.93. The lowest BCUT2D eigenvalue weighted by Crippen LogP contribution is -2.14. The van der Waals surface area contributed by atoms with Crippen LogP contribution in [0, 0.1) is 0 Å². The number of sulfone groups is 1. The van der Waals surface area contributed by atoms with Gasteiger partial charge < -0.3 is 14.8 Å². The Labute approximate surface area is 174 Å². The van der Waals surface area contributed by atoms with Crippen LogP contribution in [0.5, 0.6) is 17.2 Å². The largest absolute Gasteiger partial charge is 0.491 e. The van der Waals surface area contributed by atoms with E-state index in [4.69, 9.17) is 9.47 Å². The molecule has 0 saturated carbocycles. The summed E-state index contributed by atoms with van der Waals surface area (Å²) in [5.41, 5.74) is 0.307. The first-order valence-corrected chi connectivity index (χ1v) is 11.0. The topological polar surface area (TPSA) is 107 Å². The van der Waals surface area contributed by atoms with E-state index in [1.165, 1.54) is 30.7 Å². The van der Waals surface area contributed by atoms with Crippen molar-refractivity contribution < 1.29 is 22.7 Å². The second kappa shape index (κ2) is 8.91. The van der Waals surface area contributed by atoms with Gasteiger partial charge in [-0.2, -0.15) is 0 Å². The molecule has 1 aromatic heterocycles. The summed E-state index contributed by atoms with van der Waals surface area (Å²) in [6, 6.07) is 10.8. The molecule has 0 fully saturated rings. The predicted molar refractivity (Wildman–Crippen MR) is 112 cm³/mol. The van der Waals surface area contributed by atoms with Crippen molar-refractivity contribution in [3.63, 3.8) is 0 Å². The molecule has 1 heterocycles. The Balaban J connectivity index is 1.87. The zero-order chi connectivity index (χ0) is 21.7. The maximum atomic E-state index is 12.7. The molecule has 0 spiro atoms. The van der Waals surface area contributed by atoms with Gasteiger partial charge in [-0.05, 0) is 50.2 Å². The molecule has 156 valence electrons. The molecular weight excluding hydrogens is 406 g/mol. The average Bonchev–Trinajstić information content (AvgIpc) is 2.68. The van der Waals surface area contributed by atoms with E-state index in [-0.39, 0.29) is 11.0 Å². The van der Waals surface area contributed by atoms with E-state index in [2.05, 4.69) is 15.3 Å². The van der Waals surface area contributed by atoms with E-state index in [9.17, 15) is 13.2 Å². The number of hydrogen-bond donors (Lipinski definition) is 1. The minimum absolute atomic E-state index is 0.106. The zero-order valence-corrected chi connectivity index (χ0v) is 17.5. The predicted octanol–water partition coefficient (Wildman–Crippen LogP) is 3.71. The Morgan fingerprint density at radius 1 is 1.00 bits per heavy atom. The number of ether oxygens (including phenoxy) is 2. The second-order valence-corrected chi connectivity index (χ2v) is 8.77. The van der Waals surface area contributed by atoms with Gasteiger partial charge >= 0.3 is 0 Å². The number of aromatic nitrogens is 2. The summed E-state index contributed by atoms with van der Waals surface area (Å²) in [6.45, 7) is 3.74. The molecule has 0 radical (unpaired) electrons. The Morgan fingerprint density at radius 2 is 1.70 bits per heavy atom. The molecule has 0 aliphatic rings. The Bertz CT molecular complexity index is 1130. The number of anilines is 1. The molecule has 8 nitrogen and oxygen atoms in total. The van der Waals surface area contributed by atoms with Crippen molar-refractivity contribution in [3.8, 4) is 17.2 Å².